The molecule has 2 saturated heterocycles. The number of amides is 1. The first-order chi connectivity index (χ1) is 13.2. The monoisotopic (exact) mass is 373 g/mol. The molecule has 4 rings (SSSR count). The topological polar surface area (TPSA) is 81.6 Å². The summed E-state index contributed by atoms with van der Waals surface area (Å²) >= 11 is 0. The minimum absolute atomic E-state index is 0.267. The second kappa shape index (κ2) is 8.10. The molecular formula is C20H31N5O2. The number of anilines is 1. The standard InChI is InChI=1S/C20H31N5O2/c26-18(23-27)17-11-21-19(22-12-17)25-9-7-20(8-10-25)14-24(15-20)13-16-5-3-1-2-4-6-16/h11-12,16,27H,1-10,13-15H2,(H,23,26). The Labute approximate surface area is 161 Å². The Balaban J connectivity index is 1.24. The van der Waals surface area contributed by atoms with E-state index in [0.717, 1.165) is 19.0 Å². The average molecular weight is 374 g/mol. The van der Waals surface area contributed by atoms with Crippen LogP contribution in [0.2, 0.25) is 0 Å². The maximum atomic E-state index is 11.4. The summed E-state index contributed by atoms with van der Waals surface area (Å²) in [5.74, 6) is 1.02. The molecule has 0 radical (unpaired) electrons. The van der Waals surface area contributed by atoms with Crippen molar-refractivity contribution in [2.45, 2.75) is 51.4 Å². The first-order valence-corrected chi connectivity index (χ1v) is 10.4. The molecule has 1 aromatic heterocycles. The Hall–Kier alpha value is -1.73. The fraction of sp³-hybridized carbons (Fsp3) is 0.750. The third-order valence-electron chi connectivity index (χ3n) is 6.72. The first kappa shape index (κ1) is 18.6. The molecule has 7 heteroatoms. The fourth-order valence-corrected chi connectivity index (χ4v) is 5.11. The molecule has 148 valence electrons. The van der Waals surface area contributed by atoms with Crippen molar-refractivity contribution in [2.75, 3.05) is 37.6 Å². The van der Waals surface area contributed by atoms with Crippen LogP contribution < -0.4 is 10.4 Å². The van der Waals surface area contributed by atoms with Gasteiger partial charge in [-0.3, -0.25) is 10.0 Å². The molecule has 1 amide bonds. The molecular weight excluding hydrogens is 342 g/mol. The van der Waals surface area contributed by atoms with Crippen LogP contribution in [-0.4, -0.2) is 58.7 Å². The van der Waals surface area contributed by atoms with Gasteiger partial charge in [-0.05, 0) is 37.0 Å². The molecule has 1 aromatic rings. The molecule has 1 aliphatic carbocycles. The van der Waals surface area contributed by atoms with Crippen molar-refractivity contribution >= 4 is 11.9 Å². The number of nitrogens with zero attached hydrogens (tertiary/aromatic N) is 4. The van der Waals surface area contributed by atoms with Crippen LogP contribution in [0.1, 0.15) is 61.7 Å². The van der Waals surface area contributed by atoms with Crippen molar-refractivity contribution in [3.05, 3.63) is 18.0 Å². The predicted molar refractivity (Wildman–Crippen MR) is 103 cm³/mol. The number of nitrogens with one attached hydrogen (secondary N) is 1. The van der Waals surface area contributed by atoms with Gasteiger partial charge < -0.3 is 9.80 Å². The summed E-state index contributed by atoms with van der Waals surface area (Å²) in [6.45, 7) is 5.77. The third-order valence-corrected chi connectivity index (χ3v) is 6.72. The highest BCUT2D eigenvalue weighted by Gasteiger charge is 2.45. The van der Waals surface area contributed by atoms with Gasteiger partial charge in [-0.25, -0.2) is 15.4 Å². The normalized spacial score (nSPS) is 23.7. The molecule has 1 saturated carbocycles. The molecule has 27 heavy (non-hydrogen) atoms. The van der Waals surface area contributed by atoms with Gasteiger partial charge in [-0.1, -0.05) is 25.7 Å². The molecule has 0 aromatic carbocycles. The van der Waals surface area contributed by atoms with E-state index in [1.54, 1.807) is 5.48 Å². The second-order valence-corrected chi connectivity index (χ2v) is 8.73. The second-order valence-electron chi connectivity index (χ2n) is 8.73. The van der Waals surface area contributed by atoms with Crippen LogP contribution in [0.25, 0.3) is 0 Å². The van der Waals surface area contributed by atoms with Gasteiger partial charge in [0.15, 0.2) is 0 Å². The number of rotatable bonds is 4. The lowest BCUT2D eigenvalue weighted by Crippen LogP contribution is -2.61. The Morgan fingerprint density at radius 2 is 1.74 bits per heavy atom. The van der Waals surface area contributed by atoms with Gasteiger partial charge in [-0.2, -0.15) is 0 Å². The molecule has 3 aliphatic rings. The van der Waals surface area contributed by atoms with Crippen LogP contribution in [0, 0.1) is 11.3 Å². The summed E-state index contributed by atoms with van der Waals surface area (Å²) in [6.07, 6.45) is 13.9. The molecule has 0 unspecified atom stereocenters. The van der Waals surface area contributed by atoms with Gasteiger partial charge in [0.25, 0.3) is 5.91 Å². The molecule has 7 nitrogen and oxygen atoms in total. The quantitative estimate of drug-likeness (QED) is 0.479. The number of aromatic nitrogens is 2. The largest absolute Gasteiger partial charge is 0.341 e. The van der Waals surface area contributed by atoms with E-state index >= 15 is 0 Å². The van der Waals surface area contributed by atoms with Crippen LogP contribution >= 0.6 is 0 Å². The van der Waals surface area contributed by atoms with Crippen LogP contribution in [0.15, 0.2) is 12.4 Å². The molecule has 3 heterocycles. The van der Waals surface area contributed by atoms with Crippen LogP contribution in [-0.2, 0) is 0 Å². The van der Waals surface area contributed by atoms with Crippen molar-refractivity contribution < 1.29 is 10.0 Å². The maximum Gasteiger partial charge on any atom is 0.277 e. The Bertz CT molecular complexity index is 626. The van der Waals surface area contributed by atoms with Crippen LogP contribution in [0.3, 0.4) is 0 Å². The lowest BCUT2D eigenvalue weighted by Gasteiger charge is -2.55. The van der Waals surface area contributed by atoms with E-state index in [-0.39, 0.29) is 5.56 Å². The van der Waals surface area contributed by atoms with E-state index in [2.05, 4.69) is 19.8 Å². The van der Waals surface area contributed by atoms with Crippen molar-refractivity contribution in [3.63, 3.8) is 0 Å². The Morgan fingerprint density at radius 3 is 2.33 bits per heavy atom. The van der Waals surface area contributed by atoms with Crippen molar-refractivity contribution in [1.29, 1.82) is 0 Å². The minimum Gasteiger partial charge on any atom is -0.341 e. The van der Waals surface area contributed by atoms with Crippen molar-refractivity contribution in [3.8, 4) is 0 Å². The summed E-state index contributed by atoms with van der Waals surface area (Å²) in [5.41, 5.74) is 2.37. The number of hydrogen-bond acceptors (Lipinski definition) is 6. The Morgan fingerprint density at radius 1 is 1.11 bits per heavy atom. The van der Waals surface area contributed by atoms with E-state index in [4.69, 9.17) is 5.21 Å². The number of piperidine rings is 1. The highest BCUT2D eigenvalue weighted by molar-refractivity contribution is 5.92. The zero-order chi connectivity index (χ0) is 18.7. The number of carbonyl (C=O) groups excluding carboxylic acids is 1. The summed E-state index contributed by atoms with van der Waals surface area (Å²) in [7, 11) is 0. The van der Waals surface area contributed by atoms with E-state index < -0.39 is 5.91 Å². The van der Waals surface area contributed by atoms with Crippen LogP contribution in [0.5, 0.6) is 0 Å². The maximum absolute atomic E-state index is 11.4. The van der Waals surface area contributed by atoms with E-state index in [1.165, 1.54) is 83.4 Å². The molecule has 3 fully saturated rings. The van der Waals surface area contributed by atoms with Crippen LogP contribution in [0.4, 0.5) is 5.95 Å². The van der Waals surface area contributed by atoms with E-state index in [9.17, 15) is 4.79 Å². The molecule has 2 aliphatic heterocycles. The average Bonchev–Trinajstić information content (AvgIpc) is 2.96. The smallest absolute Gasteiger partial charge is 0.277 e. The molecule has 2 N–H and O–H groups in total. The van der Waals surface area contributed by atoms with Gasteiger partial charge in [0.1, 0.15) is 0 Å². The van der Waals surface area contributed by atoms with Gasteiger partial charge >= 0.3 is 0 Å². The van der Waals surface area contributed by atoms with Gasteiger partial charge in [0, 0.05) is 45.1 Å². The highest BCUT2D eigenvalue weighted by Crippen LogP contribution is 2.41. The third kappa shape index (κ3) is 4.24. The zero-order valence-electron chi connectivity index (χ0n) is 16.1. The van der Waals surface area contributed by atoms with Crippen molar-refractivity contribution in [2.24, 2.45) is 11.3 Å². The molecule has 0 atom stereocenters. The van der Waals surface area contributed by atoms with Gasteiger partial charge in [0.05, 0.1) is 5.56 Å². The number of likely N-dealkylation sites (tertiary alicyclic amines) is 1. The first-order valence-electron chi connectivity index (χ1n) is 10.4. The summed E-state index contributed by atoms with van der Waals surface area (Å²) in [6, 6.07) is 0. The highest BCUT2D eigenvalue weighted by atomic mass is 16.5. The fourth-order valence-electron chi connectivity index (χ4n) is 5.11. The number of hydrogen-bond donors (Lipinski definition) is 2. The van der Waals surface area contributed by atoms with E-state index in [0.29, 0.717) is 11.4 Å². The van der Waals surface area contributed by atoms with Gasteiger partial charge in [-0.15, -0.1) is 0 Å². The minimum atomic E-state index is -0.581. The summed E-state index contributed by atoms with van der Waals surface area (Å²) in [4.78, 5) is 24.9. The SMILES string of the molecule is O=C(NO)c1cnc(N2CCC3(CC2)CN(CC2CCCCCC2)C3)nc1. The zero-order valence-corrected chi connectivity index (χ0v) is 16.1. The molecule has 0 bridgehead atoms. The molecule has 1 spiro atoms. The van der Waals surface area contributed by atoms with E-state index in [1.807, 2.05) is 0 Å². The Kier molecular flexibility index (Phi) is 5.59. The van der Waals surface area contributed by atoms with Crippen molar-refractivity contribution in [1.82, 2.24) is 20.3 Å². The lowest BCUT2D eigenvalue weighted by atomic mass is 9.71. The summed E-state index contributed by atoms with van der Waals surface area (Å²) < 4.78 is 0. The lowest BCUT2D eigenvalue weighted by molar-refractivity contribution is -0.0287. The predicted octanol–water partition coefficient (Wildman–Crippen LogP) is 2.47. The number of hydroxylamine groups is 1. The summed E-state index contributed by atoms with van der Waals surface area (Å²) in [5, 5.41) is 8.67. The van der Waals surface area contributed by atoms with Gasteiger partial charge in [0.2, 0.25) is 5.95 Å². The number of carbonyl (C=O) groups is 1.